The second-order valence-corrected chi connectivity index (χ2v) is 19.2. The van der Waals surface area contributed by atoms with Gasteiger partial charge in [0.1, 0.15) is 13.2 Å². The molecule has 0 heterocycles. The number of amides is 1. The number of nitrogens with one attached hydrogen (secondary N) is 1. The van der Waals surface area contributed by atoms with Crippen LogP contribution < -0.4 is 10.2 Å². The number of phosphoric ester groups is 1. The number of hydrogen-bond acceptors (Lipinski definition) is 6. The molecule has 2 N–H and O–H groups in total. The Bertz CT molecular complexity index is 984. The van der Waals surface area contributed by atoms with Crippen LogP contribution in [-0.4, -0.2) is 68.5 Å². The number of phosphoric acid groups is 1. The molecule has 0 fully saturated rings. The topological polar surface area (TPSA) is 108 Å². The number of aliphatic hydroxyl groups is 1. The van der Waals surface area contributed by atoms with Gasteiger partial charge >= 0.3 is 0 Å². The molecule has 0 aromatic carbocycles. The van der Waals surface area contributed by atoms with Gasteiger partial charge in [0.2, 0.25) is 5.91 Å². The summed E-state index contributed by atoms with van der Waals surface area (Å²) in [6.07, 6.45) is 48.1. The summed E-state index contributed by atoms with van der Waals surface area (Å²) in [5.74, 6) is -0.200. The van der Waals surface area contributed by atoms with Crippen LogP contribution in [0.3, 0.4) is 0 Å². The van der Waals surface area contributed by atoms with E-state index >= 15 is 0 Å². The van der Waals surface area contributed by atoms with Crippen molar-refractivity contribution < 1.29 is 32.9 Å². The number of rotatable bonds is 44. The lowest BCUT2D eigenvalue weighted by Crippen LogP contribution is -2.45. The fourth-order valence-electron chi connectivity index (χ4n) is 7.03. The normalized spacial score (nSPS) is 14.4. The number of carbonyl (C=O) groups is 1. The molecule has 0 aromatic rings. The van der Waals surface area contributed by atoms with Crippen molar-refractivity contribution in [3.05, 3.63) is 24.3 Å². The monoisotopic (exact) mass is 827 g/mol. The Balaban J connectivity index is 4.20. The average Bonchev–Trinajstić information content (AvgIpc) is 3.16. The Labute approximate surface area is 354 Å². The number of allylic oxidation sites excluding steroid dienone is 3. The van der Waals surface area contributed by atoms with E-state index in [-0.39, 0.29) is 19.1 Å². The zero-order valence-electron chi connectivity index (χ0n) is 38.3. The Hall–Kier alpha value is -1.02. The SMILES string of the molecule is CCCCCCCCCCC/C=C/C(O)C(COP(=O)([O-])OCC[N+](C)(C)C)NC(=O)CCCCCCCCCC/C=C\CCCCCCCCCCCCCC. The molecular formula is C48H95N2O6P. The van der Waals surface area contributed by atoms with Crippen molar-refractivity contribution in [2.24, 2.45) is 0 Å². The minimum absolute atomic E-state index is 0.000587. The molecule has 0 aliphatic carbocycles. The summed E-state index contributed by atoms with van der Waals surface area (Å²) in [6, 6.07) is -0.884. The Morgan fingerprint density at radius 3 is 1.37 bits per heavy atom. The predicted octanol–water partition coefficient (Wildman–Crippen LogP) is 13.1. The number of likely N-dealkylation sites (N-methyl/N-ethyl adjacent to an activating group) is 1. The third kappa shape index (κ3) is 42.9. The Morgan fingerprint density at radius 2 is 0.965 bits per heavy atom. The summed E-state index contributed by atoms with van der Waals surface area (Å²) in [5.41, 5.74) is 0. The smallest absolute Gasteiger partial charge is 0.268 e. The first-order valence-electron chi connectivity index (χ1n) is 24.2. The van der Waals surface area contributed by atoms with E-state index in [4.69, 9.17) is 9.05 Å². The van der Waals surface area contributed by atoms with E-state index in [0.717, 1.165) is 38.5 Å². The fraction of sp³-hybridized carbons (Fsp3) is 0.896. The fourth-order valence-corrected chi connectivity index (χ4v) is 7.75. The highest BCUT2D eigenvalue weighted by Gasteiger charge is 2.23. The van der Waals surface area contributed by atoms with Crippen LogP contribution in [0.1, 0.15) is 226 Å². The highest BCUT2D eigenvalue weighted by atomic mass is 31.2. The minimum Gasteiger partial charge on any atom is -0.756 e. The van der Waals surface area contributed by atoms with Crippen LogP contribution in [0, 0.1) is 0 Å². The standard InChI is InChI=1S/C48H95N2O6P/c1-6-8-10-12-14-16-18-19-20-21-22-23-24-25-26-27-28-29-30-32-34-36-38-40-42-48(52)49-46(45-56-57(53,54)55-44-43-50(3,4)5)47(51)41-39-37-35-33-31-17-15-13-11-9-7-2/h25-26,39,41,46-47,51H,6-24,27-38,40,42-45H2,1-5H3,(H-,49,52,53,54)/b26-25-,41-39+. The van der Waals surface area contributed by atoms with Crippen molar-refractivity contribution in [2.75, 3.05) is 40.9 Å². The molecule has 9 heteroatoms. The van der Waals surface area contributed by atoms with Crippen LogP contribution in [0.2, 0.25) is 0 Å². The van der Waals surface area contributed by atoms with Crippen LogP contribution in [-0.2, 0) is 18.4 Å². The highest BCUT2D eigenvalue weighted by molar-refractivity contribution is 7.45. The molecular weight excluding hydrogens is 732 g/mol. The van der Waals surface area contributed by atoms with Crippen LogP contribution in [0.5, 0.6) is 0 Å². The van der Waals surface area contributed by atoms with E-state index in [9.17, 15) is 19.4 Å². The Morgan fingerprint density at radius 1 is 0.596 bits per heavy atom. The van der Waals surface area contributed by atoms with E-state index in [1.165, 1.54) is 167 Å². The summed E-state index contributed by atoms with van der Waals surface area (Å²) < 4.78 is 23.2. The summed E-state index contributed by atoms with van der Waals surface area (Å²) in [6.45, 7) is 4.64. The van der Waals surface area contributed by atoms with Crippen LogP contribution in [0.15, 0.2) is 24.3 Å². The molecule has 57 heavy (non-hydrogen) atoms. The van der Waals surface area contributed by atoms with Crippen molar-refractivity contribution >= 4 is 13.7 Å². The lowest BCUT2D eigenvalue weighted by atomic mass is 10.0. The van der Waals surface area contributed by atoms with E-state index in [2.05, 4.69) is 31.3 Å². The lowest BCUT2D eigenvalue weighted by molar-refractivity contribution is -0.870. The molecule has 0 aliphatic rings. The molecule has 3 atom stereocenters. The maximum atomic E-state index is 12.9. The molecule has 3 unspecified atom stereocenters. The van der Waals surface area contributed by atoms with E-state index in [1.54, 1.807) is 6.08 Å². The third-order valence-corrected chi connectivity index (χ3v) is 11.9. The maximum absolute atomic E-state index is 12.9. The van der Waals surface area contributed by atoms with E-state index < -0.39 is 20.0 Å². The largest absolute Gasteiger partial charge is 0.756 e. The zero-order chi connectivity index (χ0) is 42.1. The van der Waals surface area contributed by atoms with Gasteiger partial charge < -0.3 is 28.8 Å². The molecule has 1 amide bonds. The second kappa shape index (κ2) is 40.4. The van der Waals surface area contributed by atoms with Gasteiger partial charge in [-0.2, -0.15) is 0 Å². The Kier molecular flexibility index (Phi) is 39.7. The third-order valence-electron chi connectivity index (χ3n) is 10.9. The van der Waals surface area contributed by atoms with E-state index in [0.29, 0.717) is 17.4 Å². The number of carbonyl (C=O) groups excluding carboxylic acids is 1. The molecule has 0 radical (unpaired) electrons. The first-order chi connectivity index (χ1) is 27.5. The lowest BCUT2D eigenvalue weighted by Gasteiger charge is -2.29. The molecule has 338 valence electrons. The number of hydrogen-bond donors (Lipinski definition) is 2. The maximum Gasteiger partial charge on any atom is 0.268 e. The molecule has 0 rings (SSSR count). The van der Waals surface area contributed by atoms with Crippen LogP contribution in [0.4, 0.5) is 0 Å². The van der Waals surface area contributed by atoms with Gasteiger partial charge in [-0.1, -0.05) is 199 Å². The number of unbranched alkanes of at least 4 members (excludes halogenated alkanes) is 29. The first-order valence-corrected chi connectivity index (χ1v) is 25.7. The quantitative estimate of drug-likeness (QED) is 0.0274. The van der Waals surface area contributed by atoms with Gasteiger partial charge in [0.15, 0.2) is 0 Å². The predicted molar refractivity (Wildman–Crippen MR) is 242 cm³/mol. The molecule has 8 nitrogen and oxygen atoms in total. The summed E-state index contributed by atoms with van der Waals surface area (Å²) >= 11 is 0. The molecule has 0 saturated heterocycles. The van der Waals surface area contributed by atoms with E-state index in [1.807, 2.05) is 27.2 Å². The minimum atomic E-state index is -4.58. The van der Waals surface area contributed by atoms with Gasteiger partial charge in [-0.3, -0.25) is 9.36 Å². The van der Waals surface area contributed by atoms with Gasteiger partial charge in [-0.15, -0.1) is 0 Å². The van der Waals surface area contributed by atoms with Gasteiger partial charge in [-0.05, 0) is 44.9 Å². The molecule has 0 bridgehead atoms. The molecule has 0 spiro atoms. The average molecular weight is 827 g/mol. The molecule has 0 aromatic heterocycles. The van der Waals surface area contributed by atoms with Gasteiger partial charge in [-0.25, -0.2) is 0 Å². The first kappa shape index (κ1) is 56.0. The van der Waals surface area contributed by atoms with Crippen molar-refractivity contribution in [3.8, 4) is 0 Å². The van der Waals surface area contributed by atoms with Gasteiger partial charge in [0.25, 0.3) is 7.82 Å². The van der Waals surface area contributed by atoms with Crippen LogP contribution >= 0.6 is 7.82 Å². The molecule has 0 aliphatic heterocycles. The number of nitrogens with zero attached hydrogens (tertiary/aromatic N) is 1. The van der Waals surface area contributed by atoms with Gasteiger partial charge in [0, 0.05) is 6.42 Å². The van der Waals surface area contributed by atoms with Crippen molar-refractivity contribution in [2.45, 2.75) is 238 Å². The number of aliphatic hydroxyl groups excluding tert-OH is 1. The second-order valence-electron chi connectivity index (χ2n) is 17.8. The highest BCUT2D eigenvalue weighted by Crippen LogP contribution is 2.38. The van der Waals surface area contributed by atoms with Crippen molar-refractivity contribution in [1.29, 1.82) is 0 Å². The number of quaternary nitrogens is 1. The van der Waals surface area contributed by atoms with Crippen LogP contribution in [0.25, 0.3) is 0 Å². The summed E-state index contributed by atoms with van der Waals surface area (Å²) in [7, 11) is 1.26. The van der Waals surface area contributed by atoms with Gasteiger partial charge in [0.05, 0.1) is 39.9 Å². The summed E-state index contributed by atoms with van der Waals surface area (Å²) in [4.78, 5) is 25.3. The van der Waals surface area contributed by atoms with Crippen molar-refractivity contribution in [1.82, 2.24) is 5.32 Å². The van der Waals surface area contributed by atoms with Crippen molar-refractivity contribution in [3.63, 3.8) is 0 Å². The zero-order valence-corrected chi connectivity index (χ0v) is 39.2. The molecule has 0 saturated carbocycles. The summed E-state index contributed by atoms with van der Waals surface area (Å²) in [5, 5.41) is 13.8.